The summed E-state index contributed by atoms with van der Waals surface area (Å²) in [6, 6.07) is 8.23. The van der Waals surface area contributed by atoms with E-state index < -0.39 is 5.69 Å². The van der Waals surface area contributed by atoms with Crippen molar-refractivity contribution in [1.29, 1.82) is 0 Å². The number of hydrogen-bond donors (Lipinski definition) is 1. The molecule has 124 valence electrons. The van der Waals surface area contributed by atoms with Crippen molar-refractivity contribution in [2.45, 2.75) is 20.4 Å². The van der Waals surface area contributed by atoms with Crippen LogP contribution in [-0.4, -0.2) is 25.6 Å². The van der Waals surface area contributed by atoms with Gasteiger partial charge in [0.05, 0.1) is 0 Å². The Balaban J connectivity index is 2.00. The molecule has 0 radical (unpaired) electrons. The van der Waals surface area contributed by atoms with E-state index in [2.05, 4.69) is 46.1 Å². The Hall–Kier alpha value is -2.83. The molecule has 0 bridgehead atoms. The Morgan fingerprint density at radius 1 is 1.17 bits per heavy atom. The quantitative estimate of drug-likeness (QED) is 0.736. The van der Waals surface area contributed by atoms with Crippen molar-refractivity contribution in [1.82, 2.24) is 19.1 Å². The maximum absolute atomic E-state index is 12.3. The van der Waals surface area contributed by atoms with Crippen LogP contribution in [0.15, 0.2) is 33.9 Å². The predicted molar refractivity (Wildman–Crippen MR) is 92.9 cm³/mol. The van der Waals surface area contributed by atoms with Crippen molar-refractivity contribution in [2.24, 2.45) is 13.0 Å². The average molecular weight is 325 g/mol. The first kappa shape index (κ1) is 14.7. The van der Waals surface area contributed by atoms with Crippen LogP contribution in [0.25, 0.3) is 11.2 Å². The summed E-state index contributed by atoms with van der Waals surface area (Å²) in [4.78, 5) is 33.3. The lowest BCUT2D eigenvalue weighted by molar-refractivity contribution is 0.458. The summed E-state index contributed by atoms with van der Waals surface area (Å²) < 4.78 is 3.31. The summed E-state index contributed by atoms with van der Waals surface area (Å²) in [6.07, 6.45) is 0. The number of anilines is 2. The van der Waals surface area contributed by atoms with Crippen LogP contribution in [0.3, 0.4) is 0 Å². The van der Waals surface area contributed by atoms with Gasteiger partial charge in [0.1, 0.15) is 0 Å². The maximum Gasteiger partial charge on any atom is 0.329 e. The van der Waals surface area contributed by atoms with Gasteiger partial charge in [0.25, 0.3) is 5.56 Å². The fourth-order valence-electron chi connectivity index (χ4n) is 3.31. The summed E-state index contributed by atoms with van der Waals surface area (Å²) in [7, 11) is 1.62. The van der Waals surface area contributed by atoms with E-state index >= 15 is 0 Å². The van der Waals surface area contributed by atoms with Crippen LogP contribution in [-0.2, 0) is 13.6 Å². The second-order valence-electron chi connectivity index (χ2n) is 6.56. The number of aromatic nitrogens is 4. The number of fused-ring (bicyclic) bond motifs is 3. The zero-order valence-electron chi connectivity index (χ0n) is 13.9. The molecule has 1 aliphatic rings. The highest BCUT2D eigenvalue weighted by Crippen LogP contribution is 2.32. The molecule has 24 heavy (non-hydrogen) atoms. The van der Waals surface area contributed by atoms with E-state index in [1.807, 2.05) is 11.5 Å². The van der Waals surface area contributed by atoms with E-state index in [9.17, 15) is 9.59 Å². The number of nitrogens with zero attached hydrogens (tertiary/aromatic N) is 4. The summed E-state index contributed by atoms with van der Waals surface area (Å²) in [5, 5.41) is 0. The van der Waals surface area contributed by atoms with E-state index in [-0.39, 0.29) is 5.56 Å². The molecule has 7 heteroatoms. The Kier molecular flexibility index (Phi) is 3.13. The van der Waals surface area contributed by atoms with E-state index in [0.29, 0.717) is 29.6 Å². The molecule has 0 fully saturated rings. The van der Waals surface area contributed by atoms with Gasteiger partial charge < -0.3 is 9.47 Å². The third kappa shape index (κ3) is 2.08. The summed E-state index contributed by atoms with van der Waals surface area (Å²) >= 11 is 0. The first-order valence-corrected chi connectivity index (χ1v) is 7.99. The van der Waals surface area contributed by atoms with Crippen LogP contribution < -0.4 is 16.1 Å². The van der Waals surface area contributed by atoms with Crippen molar-refractivity contribution >= 4 is 22.8 Å². The van der Waals surface area contributed by atoms with Gasteiger partial charge in [-0.2, -0.15) is 4.98 Å². The molecule has 1 atom stereocenters. The third-order valence-electron chi connectivity index (χ3n) is 4.56. The zero-order chi connectivity index (χ0) is 17.0. The van der Waals surface area contributed by atoms with Crippen LogP contribution in [0.1, 0.15) is 12.5 Å². The van der Waals surface area contributed by atoms with Gasteiger partial charge in [-0.25, -0.2) is 4.79 Å². The van der Waals surface area contributed by atoms with E-state index in [4.69, 9.17) is 0 Å². The van der Waals surface area contributed by atoms with Gasteiger partial charge in [0.2, 0.25) is 5.95 Å². The highest BCUT2D eigenvalue weighted by molar-refractivity contribution is 5.76. The number of aromatic amines is 1. The third-order valence-corrected chi connectivity index (χ3v) is 4.56. The molecule has 3 heterocycles. The average Bonchev–Trinajstić information content (AvgIpc) is 2.92. The van der Waals surface area contributed by atoms with Crippen LogP contribution in [0.2, 0.25) is 0 Å². The topological polar surface area (TPSA) is 75.9 Å². The minimum Gasteiger partial charge on any atom is -0.312 e. The van der Waals surface area contributed by atoms with Crippen molar-refractivity contribution in [3.05, 3.63) is 50.7 Å². The highest BCUT2D eigenvalue weighted by atomic mass is 16.2. The maximum atomic E-state index is 12.3. The molecule has 0 unspecified atom stereocenters. The van der Waals surface area contributed by atoms with Gasteiger partial charge in [-0.1, -0.05) is 24.6 Å². The van der Waals surface area contributed by atoms with Crippen LogP contribution in [0.5, 0.6) is 0 Å². The van der Waals surface area contributed by atoms with Crippen LogP contribution in [0.4, 0.5) is 11.6 Å². The van der Waals surface area contributed by atoms with Gasteiger partial charge in [-0.15, -0.1) is 0 Å². The van der Waals surface area contributed by atoms with Gasteiger partial charge in [0, 0.05) is 25.8 Å². The van der Waals surface area contributed by atoms with Gasteiger partial charge in [-0.3, -0.25) is 14.3 Å². The van der Waals surface area contributed by atoms with Crippen LogP contribution >= 0.6 is 0 Å². The minimum atomic E-state index is -0.446. The molecule has 1 aliphatic heterocycles. The molecular formula is C17H19N5O2. The lowest BCUT2D eigenvalue weighted by atomic mass is 10.1. The van der Waals surface area contributed by atoms with Crippen molar-refractivity contribution in [3.63, 3.8) is 0 Å². The Bertz CT molecular complexity index is 1040. The van der Waals surface area contributed by atoms with Gasteiger partial charge >= 0.3 is 5.69 Å². The number of benzene rings is 1. The molecule has 0 saturated carbocycles. The fourth-order valence-corrected chi connectivity index (χ4v) is 3.31. The molecule has 4 rings (SSSR count). The molecule has 3 aromatic rings. The van der Waals surface area contributed by atoms with Crippen molar-refractivity contribution in [2.75, 3.05) is 11.4 Å². The summed E-state index contributed by atoms with van der Waals surface area (Å²) in [6.45, 7) is 5.72. The molecule has 0 aliphatic carbocycles. The molecule has 2 aromatic heterocycles. The molecule has 7 nitrogen and oxygen atoms in total. The van der Waals surface area contributed by atoms with Gasteiger partial charge in [0.15, 0.2) is 11.2 Å². The number of imidazole rings is 1. The SMILES string of the molecule is Cc1ccc(N2C[C@@H](C)Cn3c2nc2c3c(=O)[nH]c(=O)n2C)cc1. The molecule has 1 aromatic carbocycles. The van der Waals surface area contributed by atoms with E-state index in [1.165, 1.54) is 10.1 Å². The highest BCUT2D eigenvalue weighted by Gasteiger charge is 2.28. The molecule has 0 spiro atoms. The second kappa shape index (κ2) is 5.09. The van der Waals surface area contributed by atoms with E-state index in [0.717, 1.165) is 12.2 Å². The lowest BCUT2D eigenvalue weighted by Gasteiger charge is -2.33. The first-order chi connectivity index (χ1) is 11.5. The Morgan fingerprint density at radius 2 is 1.88 bits per heavy atom. The number of H-pyrrole nitrogens is 1. The van der Waals surface area contributed by atoms with Crippen molar-refractivity contribution < 1.29 is 0 Å². The fraction of sp³-hybridized carbons (Fsp3) is 0.353. The normalized spacial score (nSPS) is 17.3. The number of nitrogens with one attached hydrogen (secondary N) is 1. The van der Waals surface area contributed by atoms with Crippen molar-refractivity contribution in [3.8, 4) is 0 Å². The van der Waals surface area contributed by atoms with Gasteiger partial charge in [-0.05, 0) is 25.0 Å². The summed E-state index contributed by atoms with van der Waals surface area (Å²) in [5.41, 5.74) is 2.27. The zero-order valence-corrected chi connectivity index (χ0v) is 13.9. The largest absolute Gasteiger partial charge is 0.329 e. The monoisotopic (exact) mass is 325 g/mol. The molecule has 0 amide bonds. The predicted octanol–water partition coefficient (Wildman–Crippen LogP) is 1.52. The number of rotatable bonds is 1. The Morgan fingerprint density at radius 3 is 2.58 bits per heavy atom. The molecular weight excluding hydrogens is 306 g/mol. The summed E-state index contributed by atoms with van der Waals surface area (Å²) in [5.74, 6) is 1.06. The second-order valence-corrected chi connectivity index (χ2v) is 6.56. The van der Waals surface area contributed by atoms with E-state index in [1.54, 1.807) is 7.05 Å². The lowest BCUT2D eigenvalue weighted by Crippen LogP contribution is -2.35. The minimum absolute atomic E-state index is 0.354. The molecule has 1 N–H and O–H groups in total. The van der Waals surface area contributed by atoms with Crippen LogP contribution in [0, 0.1) is 12.8 Å². The number of hydrogen-bond acceptors (Lipinski definition) is 4. The Labute approximate surface area is 138 Å². The first-order valence-electron chi connectivity index (χ1n) is 7.99. The molecule has 0 saturated heterocycles. The number of aryl methyl sites for hydroxylation is 2. The smallest absolute Gasteiger partial charge is 0.312 e. The standard InChI is InChI=1S/C17H19N5O2/c1-10-4-6-12(7-5-10)21-8-11(2)9-22-13-14(18-16(21)22)20(3)17(24)19-15(13)23/h4-7,11H,8-9H2,1-3H3,(H,19,23,24)/t11-/m1/s1.